The Morgan fingerprint density at radius 3 is 2.48 bits per heavy atom. The molecule has 0 saturated heterocycles. The third-order valence-corrected chi connectivity index (χ3v) is 4.59. The first-order chi connectivity index (χ1) is 10.0. The van der Waals surface area contributed by atoms with Gasteiger partial charge in [-0.05, 0) is 25.0 Å². The normalized spacial score (nSPS) is 14.9. The Labute approximate surface area is 127 Å². The summed E-state index contributed by atoms with van der Waals surface area (Å²) in [5, 5.41) is 4.10. The van der Waals surface area contributed by atoms with E-state index >= 15 is 0 Å². The highest BCUT2D eigenvalue weighted by Gasteiger charge is 2.29. The molecule has 0 aliphatic heterocycles. The van der Waals surface area contributed by atoms with Gasteiger partial charge in [0.15, 0.2) is 0 Å². The molecule has 21 heavy (non-hydrogen) atoms. The number of nitrogens with one attached hydrogen (secondary N) is 1. The average Bonchev–Trinajstić information content (AvgIpc) is 3.15. The maximum Gasteiger partial charge on any atom is 0.126 e. The first-order valence-electron chi connectivity index (χ1n) is 7.22. The molecule has 1 aliphatic rings. The molecule has 3 rings (SSSR count). The topological polar surface area (TPSA) is 24.9 Å². The van der Waals surface area contributed by atoms with Crippen molar-refractivity contribution in [1.29, 1.82) is 0 Å². The van der Waals surface area contributed by atoms with Gasteiger partial charge in [-0.2, -0.15) is 0 Å². The molecular weight excluding hydrogens is 290 g/mol. The fourth-order valence-electron chi connectivity index (χ4n) is 2.26. The van der Waals surface area contributed by atoms with Gasteiger partial charge in [0.05, 0.1) is 5.69 Å². The van der Waals surface area contributed by atoms with Crippen molar-refractivity contribution in [3.8, 4) is 10.6 Å². The largest absolute Gasteiger partial charge is 0.310 e. The van der Waals surface area contributed by atoms with Crippen LogP contribution < -0.4 is 5.32 Å². The van der Waals surface area contributed by atoms with E-state index in [0.29, 0.717) is 22.5 Å². The molecule has 1 N–H and O–H groups in total. The molecule has 1 aromatic heterocycles. The van der Waals surface area contributed by atoms with Crippen LogP contribution in [0, 0.1) is 11.6 Å². The Kier molecular flexibility index (Phi) is 4.04. The van der Waals surface area contributed by atoms with Crippen LogP contribution in [-0.2, 0) is 6.54 Å². The minimum atomic E-state index is -0.560. The van der Waals surface area contributed by atoms with Crippen molar-refractivity contribution in [2.24, 2.45) is 0 Å². The van der Waals surface area contributed by atoms with E-state index in [2.05, 4.69) is 24.1 Å². The van der Waals surface area contributed by atoms with Crippen molar-refractivity contribution in [3.63, 3.8) is 0 Å². The molecule has 0 amide bonds. The van der Waals surface area contributed by atoms with Crippen LogP contribution in [-0.4, -0.2) is 11.0 Å². The van der Waals surface area contributed by atoms with Gasteiger partial charge in [-0.25, -0.2) is 13.8 Å². The highest BCUT2D eigenvalue weighted by atomic mass is 32.1. The zero-order valence-electron chi connectivity index (χ0n) is 12.1. The molecule has 1 fully saturated rings. The second-order valence-corrected chi connectivity index (χ2v) is 6.88. The molecule has 1 heterocycles. The Morgan fingerprint density at radius 2 is 1.90 bits per heavy atom. The number of hydrogen-bond donors (Lipinski definition) is 1. The predicted octanol–water partition coefficient (Wildman–Crippen LogP) is 4.46. The summed E-state index contributed by atoms with van der Waals surface area (Å²) in [4.78, 5) is 5.83. The van der Waals surface area contributed by atoms with Crippen molar-refractivity contribution in [2.45, 2.75) is 45.2 Å². The van der Waals surface area contributed by atoms with Gasteiger partial charge in [0.25, 0.3) is 0 Å². The van der Waals surface area contributed by atoms with Gasteiger partial charge in [0, 0.05) is 35.0 Å². The summed E-state index contributed by atoms with van der Waals surface area (Å²) in [5.74, 6) is -0.595. The Morgan fingerprint density at radius 1 is 1.24 bits per heavy atom. The third kappa shape index (κ3) is 3.47. The van der Waals surface area contributed by atoms with E-state index in [1.165, 1.54) is 28.3 Å². The van der Waals surface area contributed by atoms with Gasteiger partial charge in [0.1, 0.15) is 16.6 Å². The van der Waals surface area contributed by atoms with E-state index in [-0.39, 0.29) is 0 Å². The van der Waals surface area contributed by atoms with Gasteiger partial charge in [-0.1, -0.05) is 13.8 Å². The van der Waals surface area contributed by atoms with Gasteiger partial charge in [-0.15, -0.1) is 11.3 Å². The molecular formula is C16H18F2N2S. The molecule has 5 heteroatoms. The summed E-state index contributed by atoms with van der Waals surface area (Å²) in [7, 11) is 0. The molecule has 2 nitrogen and oxygen atoms in total. The van der Waals surface area contributed by atoms with Gasteiger partial charge in [0.2, 0.25) is 0 Å². The lowest BCUT2D eigenvalue weighted by atomic mass is 10.2. The Hall–Kier alpha value is -1.33. The highest BCUT2D eigenvalue weighted by molar-refractivity contribution is 7.15. The van der Waals surface area contributed by atoms with Crippen LogP contribution in [0.5, 0.6) is 0 Å². The highest BCUT2D eigenvalue weighted by Crippen LogP contribution is 2.44. The molecule has 0 spiro atoms. The minimum absolute atomic E-state index is 0.397. The molecule has 112 valence electrons. The lowest BCUT2D eigenvalue weighted by Gasteiger charge is -2.07. The number of halogens is 2. The van der Waals surface area contributed by atoms with Crippen LogP contribution in [0.25, 0.3) is 10.6 Å². The summed E-state index contributed by atoms with van der Waals surface area (Å²) < 4.78 is 26.7. The SMILES string of the molecule is CC(C)NCc1sc(-c2cc(F)cc(F)c2)nc1C1CC1. The minimum Gasteiger partial charge on any atom is -0.310 e. The van der Waals surface area contributed by atoms with E-state index in [9.17, 15) is 8.78 Å². The fraction of sp³-hybridized carbons (Fsp3) is 0.438. The number of hydrogen-bond acceptors (Lipinski definition) is 3. The van der Waals surface area contributed by atoms with Crippen molar-refractivity contribution >= 4 is 11.3 Å². The van der Waals surface area contributed by atoms with Crippen molar-refractivity contribution < 1.29 is 8.78 Å². The quantitative estimate of drug-likeness (QED) is 0.882. The fourth-order valence-corrected chi connectivity index (χ4v) is 3.35. The van der Waals surface area contributed by atoms with Crippen molar-refractivity contribution in [2.75, 3.05) is 0 Å². The van der Waals surface area contributed by atoms with Crippen LogP contribution in [0.4, 0.5) is 8.78 Å². The molecule has 0 bridgehead atoms. The molecule has 0 radical (unpaired) electrons. The monoisotopic (exact) mass is 308 g/mol. The van der Waals surface area contributed by atoms with Crippen LogP contribution in [0.2, 0.25) is 0 Å². The van der Waals surface area contributed by atoms with Crippen LogP contribution >= 0.6 is 11.3 Å². The zero-order chi connectivity index (χ0) is 15.0. The van der Waals surface area contributed by atoms with Crippen LogP contribution in [0.15, 0.2) is 18.2 Å². The Bertz CT molecular complexity index is 627. The summed E-state index contributed by atoms with van der Waals surface area (Å²) in [6.45, 7) is 4.96. The van der Waals surface area contributed by atoms with E-state index < -0.39 is 11.6 Å². The van der Waals surface area contributed by atoms with Gasteiger partial charge < -0.3 is 5.32 Å². The molecule has 1 aromatic carbocycles. The van der Waals surface area contributed by atoms with Crippen molar-refractivity contribution in [1.82, 2.24) is 10.3 Å². The first kappa shape index (κ1) is 14.6. The first-order valence-corrected chi connectivity index (χ1v) is 8.04. The predicted molar refractivity (Wildman–Crippen MR) is 81.4 cm³/mol. The number of rotatable bonds is 5. The number of aromatic nitrogens is 1. The number of nitrogens with zero attached hydrogens (tertiary/aromatic N) is 1. The van der Waals surface area contributed by atoms with Crippen LogP contribution in [0.3, 0.4) is 0 Å². The second-order valence-electron chi connectivity index (χ2n) is 5.80. The molecule has 2 aromatic rings. The number of benzene rings is 1. The smallest absolute Gasteiger partial charge is 0.126 e. The molecule has 0 atom stereocenters. The van der Waals surface area contributed by atoms with Gasteiger partial charge in [-0.3, -0.25) is 0 Å². The van der Waals surface area contributed by atoms with Crippen LogP contribution in [0.1, 0.15) is 43.2 Å². The molecule has 0 unspecified atom stereocenters. The Balaban J connectivity index is 1.93. The second kappa shape index (κ2) is 5.81. The molecule has 1 saturated carbocycles. The van der Waals surface area contributed by atoms with E-state index in [1.807, 2.05) is 0 Å². The summed E-state index contributed by atoms with van der Waals surface area (Å²) in [6, 6.07) is 3.98. The van der Waals surface area contributed by atoms with Gasteiger partial charge >= 0.3 is 0 Å². The lowest BCUT2D eigenvalue weighted by Crippen LogP contribution is -2.21. The van der Waals surface area contributed by atoms with E-state index in [4.69, 9.17) is 0 Å². The van der Waals surface area contributed by atoms with Crippen molar-refractivity contribution in [3.05, 3.63) is 40.4 Å². The maximum atomic E-state index is 13.4. The standard InChI is InChI=1S/C16H18F2N2S/c1-9(2)19-8-14-15(10-3-4-10)20-16(21-14)11-5-12(17)7-13(18)6-11/h5-7,9-10,19H,3-4,8H2,1-2H3. The number of thiazole rings is 1. The van der Waals surface area contributed by atoms with E-state index in [0.717, 1.165) is 31.1 Å². The third-order valence-electron chi connectivity index (χ3n) is 3.47. The maximum absolute atomic E-state index is 13.4. The molecule has 1 aliphatic carbocycles. The summed E-state index contributed by atoms with van der Waals surface area (Å²) >= 11 is 1.53. The summed E-state index contributed by atoms with van der Waals surface area (Å²) in [5.41, 5.74) is 1.63. The lowest BCUT2D eigenvalue weighted by molar-refractivity contribution is 0.584. The summed E-state index contributed by atoms with van der Waals surface area (Å²) in [6.07, 6.45) is 2.32. The average molecular weight is 308 g/mol. The van der Waals surface area contributed by atoms with E-state index in [1.54, 1.807) is 0 Å². The zero-order valence-corrected chi connectivity index (χ0v) is 12.9.